The predicted molar refractivity (Wildman–Crippen MR) is 121 cm³/mol. The van der Waals surface area contributed by atoms with Crippen LogP contribution < -0.4 is 5.32 Å². The Labute approximate surface area is 183 Å². The first-order valence-electron chi connectivity index (χ1n) is 9.48. The van der Waals surface area contributed by atoms with Crippen molar-refractivity contribution in [1.82, 2.24) is 10.2 Å². The summed E-state index contributed by atoms with van der Waals surface area (Å²) in [6, 6.07) is 19.9. The molecular weight excluding hydrogens is 416 g/mol. The first kappa shape index (κ1) is 20.4. The molecule has 4 rings (SSSR count). The molecule has 0 radical (unpaired) electrons. The molecule has 3 aromatic rings. The van der Waals surface area contributed by atoms with Gasteiger partial charge in [0.2, 0.25) is 5.91 Å². The summed E-state index contributed by atoms with van der Waals surface area (Å²) in [7, 11) is 1.81. The van der Waals surface area contributed by atoms with Crippen LogP contribution in [0.25, 0.3) is 11.1 Å². The molecule has 1 aliphatic rings. The maximum Gasteiger partial charge on any atom is 0.286 e. The third-order valence-electron chi connectivity index (χ3n) is 4.90. The maximum absolute atomic E-state index is 12.5. The first-order chi connectivity index (χ1) is 14.5. The van der Waals surface area contributed by atoms with Gasteiger partial charge in [-0.1, -0.05) is 60.3 Å². The van der Waals surface area contributed by atoms with E-state index >= 15 is 0 Å². The van der Waals surface area contributed by atoms with Gasteiger partial charge in [0.15, 0.2) is 0 Å². The lowest BCUT2D eigenvalue weighted by Crippen LogP contribution is -2.25. The molecule has 1 N–H and O–H groups in total. The molecule has 5 nitrogen and oxygen atoms in total. The van der Waals surface area contributed by atoms with Crippen LogP contribution in [0.1, 0.15) is 20.8 Å². The summed E-state index contributed by atoms with van der Waals surface area (Å²) >= 11 is 2.49. The average Bonchev–Trinajstić information content (AvgIpc) is 3.38. The maximum atomic E-state index is 12.5. The molecule has 0 saturated carbocycles. The fourth-order valence-corrected chi connectivity index (χ4v) is 4.94. The molecule has 1 aliphatic heterocycles. The number of imide groups is 1. The summed E-state index contributed by atoms with van der Waals surface area (Å²) in [6.45, 7) is 0.532. The van der Waals surface area contributed by atoms with Gasteiger partial charge in [0.1, 0.15) is 0 Å². The largest absolute Gasteiger partial charge is 0.337 e. The molecule has 1 atom stereocenters. The lowest BCUT2D eigenvalue weighted by atomic mass is 10.00. The summed E-state index contributed by atoms with van der Waals surface area (Å²) in [5.41, 5.74) is 4.20. The van der Waals surface area contributed by atoms with Gasteiger partial charge in [-0.2, -0.15) is 0 Å². The molecule has 0 bridgehead atoms. The molecule has 152 valence electrons. The Hall–Kier alpha value is -2.90. The molecule has 30 heavy (non-hydrogen) atoms. The summed E-state index contributed by atoms with van der Waals surface area (Å²) < 4.78 is 0. The van der Waals surface area contributed by atoms with Gasteiger partial charge in [-0.15, -0.1) is 11.3 Å². The number of nitrogens with zero attached hydrogens (tertiary/aromatic N) is 1. The van der Waals surface area contributed by atoms with E-state index < -0.39 is 0 Å². The molecule has 1 saturated heterocycles. The average molecular weight is 437 g/mol. The molecule has 3 amide bonds. The van der Waals surface area contributed by atoms with Gasteiger partial charge in [-0.3, -0.25) is 19.7 Å². The molecular formula is C23H20N2O3S2. The highest BCUT2D eigenvalue weighted by molar-refractivity contribution is 8.15. The number of hydrogen-bond acceptors (Lipinski definition) is 5. The van der Waals surface area contributed by atoms with E-state index in [1.165, 1.54) is 11.3 Å². The van der Waals surface area contributed by atoms with Crippen molar-refractivity contribution < 1.29 is 14.4 Å². The van der Waals surface area contributed by atoms with Crippen molar-refractivity contribution in [3.63, 3.8) is 0 Å². The number of carbonyl (C=O) groups is 3. The Kier molecular flexibility index (Phi) is 6.01. The van der Waals surface area contributed by atoms with Gasteiger partial charge in [0, 0.05) is 13.6 Å². The Balaban J connectivity index is 1.44. The van der Waals surface area contributed by atoms with E-state index in [9.17, 15) is 14.4 Å². The topological polar surface area (TPSA) is 66.5 Å². The van der Waals surface area contributed by atoms with Gasteiger partial charge in [-0.25, -0.2) is 0 Å². The quantitative estimate of drug-likeness (QED) is 0.614. The number of carbonyl (C=O) groups excluding carboxylic acids is 3. The Morgan fingerprint density at radius 3 is 2.47 bits per heavy atom. The van der Waals surface area contributed by atoms with Crippen molar-refractivity contribution in [3.05, 3.63) is 82.0 Å². The summed E-state index contributed by atoms with van der Waals surface area (Å²) in [4.78, 5) is 38.0. The van der Waals surface area contributed by atoms with E-state index in [0.717, 1.165) is 38.9 Å². The predicted octanol–water partition coefficient (Wildman–Crippen LogP) is 4.58. The minimum atomic E-state index is -0.358. The lowest BCUT2D eigenvalue weighted by Gasteiger charge is -2.17. The number of thiophene rings is 1. The minimum Gasteiger partial charge on any atom is -0.337 e. The van der Waals surface area contributed by atoms with E-state index in [1.807, 2.05) is 67.0 Å². The van der Waals surface area contributed by atoms with Crippen LogP contribution >= 0.6 is 23.1 Å². The van der Waals surface area contributed by atoms with Crippen LogP contribution in [-0.2, 0) is 17.8 Å². The fraction of sp³-hybridized carbons (Fsp3) is 0.174. The number of nitrogens with one attached hydrogen (secondary N) is 1. The third-order valence-corrected chi connectivity index (χ3v) is 6.74. The van der Waals surface area contributed by atoms with Crippen molar-refractivity contribution in [3.8, 4) is 11.1 Å². The standard InChI is InChI=1S/C23H20N2O3S2/c1-25(22(27)19-6-3-11-29-19)14-16-4-2-5-18(12-16)17-9-7-15(8-10-17)13-20-21(26)24-23(28)30-20/h2-12,20H,13-14H2,1H3,(H,24,26,28). The smallest absolute Gasteiger partial charge is 0.286 e. The second-order valence-corrected chi connectivity index (χ2v) is 9.25. The molecule has 2 heterocycles. The normalized spacial score (nSPS) is 15.8. The molecule has 2 aromatic carbocycles. The van der Waals surface area contributed by atoms with Gasteiger partial charge >= 0.3 is 0 Å². The highest BCUT2D eigenvalue weighted by atomic mass is 32.2. The monoisotopic (exact) mass is 436 g/mol. The molecule has 1 fully saturated rings. The number of benzene rings is 2. The van der Waals surface area contributed by atoms with Crippen LogP contribution in [-0.4, -0.2) is 34.3 Å². The van der Waals surface area contributed by atoms with Crippen LogP contribution in [0.15, 0.2) is 66.0 Å². The van der Waals surface area contributed by atoms with Crippen molar-refractivity contribution in [2.24, 2.45) is 0 Å². The van der Waals surface area contributed by atoms with Crippen molar-refractivity contribution in [2.75, 3.05) is 7.05 Å². The second kappa shape index (κ2) is 8.85. The van der Waals surface area contributed by atoms with Crippen LogP contribution in [0, 0.1) is 0 Å². The van der Waals surface area contributed by atoms with Crippen LogP contribution in [0.2, 0.25) is 0 Å². The molecule has 0 spiro atoms. The zero-order valence-electron chi connectivity index (χ0n) is 16.3. The van der Waals surface area contributed by atoms with Crippen LogP contribution in [0.5, 0.6) is 0 Å². The van der Waals surface area contributed by atoms with Crippen molar-refractivity contribution in [2.45, 2.75) is 18.2 Å². The van der Waals surface area contributed by atoms with E-state index in [4.69, 9.17) is 0 Å². The summed E-state index contributed by atoms with van der Waals surface area (Å²) in [6.07, 6.45) is 0.526. The number of amides is 3. The zero-order valence-corrected chi connectivity index (χ0v) is 18.0. The number of hydrogen-bond donors (Lipinski definition) is 1. The van der Waals surface area contributed by atoms with Crippen molar-refractivity contribution in [1.29, 1.82) is 0 Å². The zero-order chi connectivity index (χ0) is 21.1. The Morgan fingerprint density at radius 1 is 1.00 bits per heavy atom. The highest BCUT2D eigenvalue weighted by Gasteiger charge is 2.31. The second-order valence-electron chi connectivity index (χ2n) is 7.12. The molecule has 1 unspecified atom stereocenters. The SMILES string of the molecule is CN(Cc1cccc(-c2ccc(CC3SC(=O)NC3=O)cc2)c1)C(=O)c1cccs1. The Morgan fingerprint density at radius 2 is 1.80 bits per heavy atom. The van der Waals surface area contributed by atoms with Crippen molar-refractivity contribution >= 4 is 40.2 Å². The van der Waals surface area contributed by atoms with Gasteiger partial charge < -0.3 is 4.90 Å². The highest BCUT2D eigenvalue weighted by Crippen LogP contribution is 2.26. The van der Waals surface area contributed by atoms with E-state index in [-0.39, 0.29) is 22.3 Å². The lowest BCUT2D eigenvalue weighted by molar-refractivity contribution is -0.118. The first-order valence-corrected chi connectivity index (χ1v) is 11.2. The molecule has 1 aromatic heterocycles. The van der Waals surface area contributed by atoms with Crippen LogP contribution in [0.4, 0.5) is 4.79 Å². The van der Waals surface area contributed by atoms with Gasteiger partial charge in [0.05, 0.1) is 10.1 Å². The summed E-state index contributed by atoms with van der Waals surface area (Å²) in [5, 5.41) is 3.59. The number of thioether (sulfide) groups is 1. The minimum absolute atomic E-state index is 0.0204. The summed E-state index contributed by atoms with van der Waals surface area (Å²) in [5.74, 6) is -0.199. The van der Waals surface area contributed by atoms with Gasteiger partial charge in [0.25, 0.3) is 11.1 Å². The van der Waals surface area contributed by atoms with Crippen LogP contribution in [0.3, 0.4) is 0 Å². The van der Waals surface area contributed by atoms with E-state index in [1.54, 1.807) is 4.90 Å². The molecule has 0 aliphatic carbocycles. The van der Waals surface area contributed by atoms with Gasteiger partial charge in [-0.05, 0) is 46.2 Å². The Bertz CT molecular complexity index is 1080. The number of rotatable bonds is 6. The third kappa shape index (κ3) is 4.63. The fourth-order valence-electron chi connectivity index (χ4n) is 3.36. The molecule has 7 heteroatoms. The van der Waals surface area contributed by atoms with E-state index in [2.05, 4.69) is 11.4 Å². The van der Waals surface area contributed by atoms with E-state index in [0.29, 0.717) is 13.0 Å².